The van der Waals surface area contributed by atoms with Crippen molar-refractivity contribution in [3.8, 4) is 0 Å². The zero-order chi connectivity index (χ0) is 12.6. The number of anilines is 1. The zero-order valence-electron chi connectivity index (χ0n) is 10.5. The second kappa shape index (κ2) is 4.71. The largest absolute Gasteiger partial charge is 0.378 e. The number of hydrogen-bond donors (Lipinski definition) is 1. The van der Waals surface area contributed by atoms with Crippen molar-refractivity contribution < 1.29 is 9.47 Å². The predicted octanol–water partition coefficient (Wildman–Crippen LogP) is 0.827. The van der Waals surface area contributed by atoms with Crippen molar-refractivity contribution in [3.63, 3.8) is 0 Å². The smallest absolute Gasteiger partial charge is 0.222 e. The Balaban J connectivity index is 1.68. The summed E-state index contributed by atoms with van der Waals surface area (Å²) in [6.45, 7) is 2.34. The van der Waals surface area contributed by atoms with Gasteiger partial charge in [-0.15, -0.1) is 10.2 Å². The van der Waals surface area contributed by atoms with Crippen LogP contribution in [0.25, 0.3) is 0 Å². The summed E-state index contributed by atoms with van der Waals surface area (Å²) in [7, 11) is 1.89. The third kappa shape index (κ3) is 2.22. The van der Waals surface area contributed by atoms with E-state index in [0.29, 0.717) is 11.2 Å². The number of aromatic nitrogens is 3. The highest BCUT2D eigenvalue weighted by Gasteiger charge is 2.41. The van der Waals surface area contributed by atoms with Gasteiger partial charge in [-0.05, 0) is 12.8 Å². The summed E-state index contributed by atoms with van der Waals surface area (Å²) in [5.74, 6) is 0.462. The molecular weight excluding hydrogens is 252 g/mol. The van der Waals surface area contributed by atoms with Gasteiger partial charge in [0.2, 0.25) is 5.95 Å². The Morgan fingerprint density at radius 3 is 3.00 bits per heavy atom. The van der Waals surface area contributed by atoms with Gasteiger partial charge in [-0.1, -0.05) is 11.8 Å². The van der Waals surface area contributed by atoms with Crippen LogP contribution in [0.1, 0.15) is 19.3 Å². The summed E-state index contributed by atoms with van der Waals surface area (Å²) >= 11 is 1.75. The highest BCUT2D eigenvalue weighted by atomic mass is 32.2. The van der Waals surface area contributed by atoms with Crippen molar-refractivity contribution in [3.05, 3.63) is 0 Å². The van der Waals surface area contributed by atoms with Gasteiger partial charge in [-0.3, -0.25) is 4.57 Å². The molecule has 18 heavy (non-hydrogen) atoms. The van der Waals surface area contributed by atoms with Crippen LogP contribution in [0.4, 0.5) is 5.95 Å². The van der Waals surface area contributed by atoms with E-state index in [1.165, 1.54) is 0 Å². The van der Waals surface area contributed by atoms with Gasteiger partial charge < -0.3 is 15.2 Å². The second-order valence-corrected chi connectivity index (χ2v) is 6.23. The molecule has 0 aromatic carbocycles. The predicted molar refractivity (Wildman–Crippen MR) is 68.4 cm³/mol. The first-order chi connectivity index (χ1) is 8.69. The second-order valence-electron chi connectivity index (χ2n) is 4.97. The van der Waals surface area contributed by atoms with Gasteiger partial charge in [0.15, 0.2) is 5.16 Å². The molecule has 2 saturated heterocycles. The molecule has 0 bridgehead atoms. The molecule has 100 valence electrons. The lowest BCUT2D eigenvalue weighted by atomic mass is 9.93. The van der Waals surface area contributed by atoms with Gasteiger partial charge in [-0.2, -0.15) is 0 Å². The van der Waals surface area contributed by atoms with E-state index in [2.05, 4.69) is 10.2 Å². The van der Waals surface area contributed by atoms with E-state index in [-0.39, 0.29) is 5.60 Å². The molecular formula is C11H18N4O2S. The number of ether oxygens (including phenoxy) is 2. The number of nitrogens with zero attached hydrogens (tertiary/aromatic N) is 3. The molecule has 0 amide bonds. The summed E-state index contributed by atoms with van der Waals surface area (Å²) in [6.07, 6.45) is 3.06. The standard InChI is InChI=1S/C11H18N4O2S/c1-15-9(12)13-14-10(15)18-8-2-4-17-11(6-8)3-5-16-7-11/h8H,2-7H2,1H3,(H2,12,13). The number of nitrogen functional groups attached to an aromatic ring is 1. The minimum Gasteiger partial charge on any atom is -0.378 e. The fourth-order valence-electron chi connectivity index (χ4n) is 2.52. The normalized spacial score (nSPS) is 32.2. The first kappa shape index (κ1) is 12.3. The van der Waals surface area contributed by atoms with Crippen molar-refractivity contribution in [1.82, 2.24) is 14.8 Å². The highest BCUT2D eigenvalue weighted by Crippen LogP contribution is 2.39. The average Bonchev–Trinajstić information content (AvgIpc) is 2.92. The van der Waals surface area contributed by atoms with Crippen LogP contribution in [0.5, 0.6) is 0 Å². The van der Waals surface area contributed by atoms with Crippen molar-refractivity contribution in [2.75, 3.05) is 25.6 Å². The summed E-state index contributed by atoms with van der Waals surface area (Å²) in [4.78, 5) is 0. The molecule has 2 atom stereocenters. The van der Waals surface area contributed by atoms with Crippen LogP contribution in [0.3, 0.4) is 0 Å². The van der Waals surface area contributed by atoms with Crippen LogP contribution < -0.4 is 5.73 Å². The summed E-state index contributed by atoms with van der Waals surface area (Å²) in [6, 6.07) is 0. The van der Waals surface area contributed by atoms with Crippen LogP contribution in [-0.4, -0.2) is 45.4 Å². The highest BCUT2D eigenvalue weighted by molar-refractivity contribution is 7.99. The molecule has 2 aliphatic rings. The third-order valence-corrected chi connectivity index (χ3v) is 4.96. The molecule has 0 aliphatic carbocycles. The number of rotatable bonds is 2. The molecule has 1 spiro atoms. The molecule has 2 unspecified atom stereocenters. The van der Waals surface area contributed by atoms with Crippen molar-refractivity contribution in [2.45, 2.75) is 35.3 Å². The molecule has 2 fully saturated rings. The molecule has 7 heteroatoms. The van der Waals surface area contributed by atoms with Gasteiger partial charge >= 0.3 is 0 Å². The first-order valence-corrected chi connectivity index (χ1v) is 7.10. The van der Waals surface area contributed by atoms with E-state index in [9.17, 15) is 0 Å². The SMILES string of the molecule is Cn1c(N)nnc1SC1CCOC2(CCOC2)C1. The van der Waals surface area contributed by atoms with Crippen LogP contribution in [-0.2, 0) is 16.5 Å². The van der Waals surface area contributed by atoms with E-state index >= 15 is 0 Å². The van der Waals surface area contributed by atoms with E-state index in [4.69, 9.17) is 15.2 Å². The van der Waals surface area contributed by atoms with Crippen molar-refractivity contribution in [1.29, 1.82) is 0 Å². The lowest BCUT2D eigenvalue weighted by Crippen LogP contribution is -2.41. The third-order valence-electron chi connectivity index (χ3n) is 3.66. The van der Waals surface area contributed by atoms with Crippen LogP contribution in [0.15, 0.2) is 5.16 Å². The molecule has 1 aromatic rings. The Hall–Kier alpha value is -0.790. The Morgan fingerprint density at radius 1 is 1.44 bits per heavy atom. The topological polar surface area (TPSA) is 75.2 Å². The lowest BCUT2D eigenvalue weighted by molar-refractivity contribution is -0.0770. The first-order valence-electron chi connectivity index (χ1n) is 6.22. The molecule has 6 nitrogen and oxygen atoms in total. The fraction of sp³-hybridized carbons (Fsp3) is 0.818. The van der Waals surface area contributed by atoms with E-state index in [0.717, 1.165) is 44.2 Å². The molecule has 1 aromatic heterocycles. The summed E-state index contributed by atoms with van der Waals surface area (Å²) < 4.78 is 13.2. The van der Waals surface area contributed by atoms with Crippen molar-refractivity contribution in [2.24, 2.45) is 7.05 Å². The maximum Gasteiger partial charge on any atom is 0.222 e. The van der Waals surface area contributed by atoms with Crippen molar-refractivity contribution >= 4 is 17.7 Å². The van der Waals surface area contributed by atoms with Crippen LogP contribution >= 0.6 is 11.8 Å². The molecule has 0 radical (unpaired) electrons. The van der Waals surface area contributed by atoms with Gasteiger partial charge in [0.25, 0.3) is 0 Å². The van der Waals surface area contributed by atoms with Crippen LogP contribution in [0, 0.1) is 0 Å². The Labute approximate surface area is 110 Å². The van der Waals surface area contributed by atoms with E-state index in [1.54, 1.807) is 11.8 Å². The van der Waals surface area contributed by atoms with Gasteiger partial charge in [0, 0.05) is 31.9 Å². The molecule has 3 heterocycles. The minimum atomic E-state index is -0.0555. The minimum absolute atomic E-state index is 0.0555. The van der Waals surface area contributed by atoms with Gasteiger partial charge in [0.05, 0.1) is 12.2 Å². The Morgan fingerprint density at radius 2 is 2.33 bits per heavy atom. The van der Waals surface area contributed by atoms with Crippen LogP contribution in [0.2, 0.25) is 0 Å². The zero-order valence-corrected chi connectivity index (χ0v) is 11.3. The lowest BCUT2D eigenvalue weighted by Gasteiger charge is -2.36. The molecule has 2 aliphatic heterocycles. The Bertz CT molecular complexity index is 431. The number of thioether (sulfide) groups is 1. The molecule has 0 saturated carbocycles. The van der Waals surface area contributed by atoms with E-state index < -0.39 is 0 Å². The Kier molecular flexibility index (Phi) is 3.21. The average molecular weight is 270 g/mol. The maximum atomic E-state index is 5.92. The van der Waals surface area contributed by atoms with Gasteiger partial charge in [0.1, 0.15) is 0 Å². The number of nitrogens with two attached hydrogens (primary N) is 1. The molecule has 3 rings (SSSR count). The summed E-state index contributed by atoms with van der Waals surface area (Å²) in [5.41, 5.74) is 5.64. The monoisotopic (exact) mass is 270 g/mol. The van der Waals surface area contributed by atoms with Gasteiger partial charge in [-0.25, -0.2) is 0 Å². The van der Waals surface area contributed by atoms with E-state index in [1.807, 2.05) is 11.6 Å². The fourth-order valence-corrected chi connectivity index (χ4v) is 3.76. The molecule has 2 N–H and O–H groups in total. The maximum absolute atomic E-state index is 5.92. The number of hydrogen-bond acceptors (Lipinski definition) is 6. The quantitative estimate of drug-likeness (QED) is 0.858. The summed E-state index contributed by atoms with van der Waals surface area (Å²) in [5, 5.41) is 9.37.